The molecule has 0 spiro atoms. The van der Waals surface area contributed by atoms with E-state index in [1.54, 1.807) is 14.1 Å². The van der Waals surface area contributed by atoms with Gasteiger partial charge in [-0.25, -0.2) is 0 Å². The lowest BCUT2D eigenvalue weighted by molar-refractivity contribution is -0.138. The molecule has 13 nitrogen and oxygen atoms in total. The van der Waals surface area contributed by atoms with Crippen molar-refractivity contribution in [1.29, 1.82) is 0 Å². The van der Waals surface area contributed by atoms with Crippen molar-refractivity contribution in [2.45, 2.75) is 25.7 Å². The zero-order valence-corrected chi connectivity index (χ0v) is 23.2. The van der Waals surface area contributed by atoms with Crippen LogP contribution >= 0.6 is 23.5 Å². The smallest absolute Gasteiger partial charge is 0.322 e. The molecule has 6 N–H and O–H groups in total. The van der Waals surface area contributed by atoms with Gasteiger partial charge < -0.3 is 31.7 Å². The van der Waals surface area contributed by atoms with Crippen molar-refractivity contribution in [3.05, 3.63) is 0 Å². The van der Waals surface area contributed by atoms with Gasteiger partial charge >= 0.3 is 5.97 Å². The van der Waals surface area contributed by atoms with E-state index in [9.17, 15) is 28.8 Å². The number of carboxylic acid groups (broad SMARTS) is 1. The topological polar surface area (TPSA) is 186 Å². The molecular formula is C22H40N6O7S2. The van der Waals surface area contributed by atoms with Gasteiger partial charge in [0.05, 0.1) is 18.1 Å². The van der Waals surface area contributed by atoms with Gasteiger partial charge in [0.25, 0.3) is 0 Å². The fourth-order valence-electron chi connectivity index (χ4n) is 2.74. The van der Waals surface area contributed by atoms with Crippen LogP contribution in [0.1, 0.15) is 25.7 Å². The predicted octanol–water partition coefficient (Wildman–Crippen LogP) is -1.76. The van der Waals surface area contributed by atoms with Crippen LogP contribution in [0, 0.1) is 0 Å². The molecule has 0 rings (SSSR count). The molecule has 0 radical (unpaired) electrons. The van der Waals surface area contributed by atoms with E-state index < -0.39 is 18.4 Å². The molecule has 5 amide bonds. The van der Waals surface area contributed by atoms with E-state index in [0.29, 0.717) is 74.9 Å². The van der Waals surface area contributed by atoms with Gasteiger partial charge in [0.1, 0.15) is 6.54 Å². The van der Waals surface area contributed by atoms with Crippen LogP contribution in [-0.4, -0.2) is 122 Å². The highest BCUT2D eigenvalue weighted by molar-refractivity contribution is 8.00. The minimum absolute atomic E-state index is 0.00143. The van der Waals surface area contributed by atoms with Crippen LogP contribution in [0.3, 0.4) is 0 Å². The molecule has 0 aromatic carbocycles. The first-order valence-corrected chi connectivity index (χ1v) is 14.3. The standard InChI is InChI=1S/C22H40N6O7S2/c1-23-20(32)15-36-11-5-17(29)25-7-3-9-28(14-19(31)27-13-22(34)35)10-4-8-26-18(30)6-12-37-16-21(33)24-2/h3-16H2,1-2H3,(H,23,32)(H,24,33)(H,25,29)(H,26,30)(H,27,31)(H,34,35). The number of carboxylic acids is 1. The van der Waals surface area contributed by atoms with Crippen LogP contribution < -0.4 is 26.6 Å². The molecule has 0 aromatic heterocycles. The molecule has 0 atom stereocenters. The lowest BCUT2D eigenvalue weighted by Gasteiger charge is -2.22. The fraction of sp³-hybridized carbons (Fsp3) is 0.727. The summed E-state index contributed by atoms with van der Waals surface area (Å²) in [6.07, 6.45) is 1.76. The van der Waals surface area contributed by atoms with Crippen molar-refractivity contribution in [2.24, 2.45) is 0 Å². The first-order valence-electron chi connectivity index (χ1n) is 12.0. The highest BCUT2D eigenvalue weighted by Gasteiger charge is 2.12. The summed E-state index contributed by atoms with van der Waals surface area (Å²) >= 11 is 2.76. The number of thioether (sulfide) groups is 2. The lowest BCUT2D eigenvalue weighted by Crippen LogP contribution is -2.41. The number of amides is 5. The second-order valence-corrected chi connectivity index (χ2v) is 10.0. The minimum Gasteiger partial charge on any atom is -0.480 e. The third-order valence-electron chi connectivity index (χ3n) is 4.72. The van der Waals surface area contributed by atoms with Gasteiger partial charge in [-0.15, -0.1) is 0 Å². The van der Waals surface area contributed by atoms with Gasteiger partial charge in [-0.1, -0.05) is 0 Å². The van der Waals surface area contributed by atoms with E-state index in [1.807, 2.05) is 4.90 Å². The molecule has 0 bridgehead atoms. The molecule has 0 heterocycles. The Morgan fingerprint density at radius 2 is 1.14 bits per heavy atom. The number of carbonyl (C=O) groups excluding carboxylic acids is 5. The van der Waals surface area contributed by atoms with Crippen LogP contribution in [0.5, 0.6) is 0 Å². The lowest BCUT2D eigenvalue weighted by atomic mass is 10.3. The largest absolute Gasteiger partial charge is 0.480 e. The van der Waals surface area contributed by atoms with Crippen LogP contribution in [0.4, 0.5) is 0 Å². The number of hydrogen-bond donors (Lipinski definition) is 6. The number of carbonyl (C=O) groups is 6. The number of nitrogens with zero attached hydrogens (tertiary/aromatic N) is 1. The maximum Gasteiger partial charge on any atom is 0.322 e. The molecule has 0 fully saturated rings. The molecule has 15 heteroatoms. The normalized spacial score (nSPS) is 10.5. The molecule has 0 aromatic rings. The van der Waals surface area contributed by atoms with Crippen molar-refractivity contribution in [2.75, 3.05) is 76.4 Å². The third kappa shape index (κ3) is 22.4. The number of aliphatic carboxylic acids is 1. The Balaban J connectivity index is 4.29. The van der Waals surface area contributed by atoms with E-state index in [1.165, 1.54) is 23.5 Å². The van der Waals surface area contributed by atoms with Gasteiger partial charge in [-0.3, -0.25) is 33.7 Å². The Labute approximate surface area is 226 Å². The van der Waals surface area contributed by atoms with E-state index >= 15 is 0 Å². The zero-order chi connectivity index (χ0) is 27.9. The zero-order valence-electron chi connectivity index (χ0n) is 21.6. The summed E-state index contributed by atoms with van der Waals surface area (Å²) in [6, 6.07) is 0. The number of rotatable bonds is 22. The Morgan fingerprint density at radius 3 is 1.54 bits per heavy atom. The maximum atomic E-state index is 12.1. The average Bonchev–Trinajstić information content (AvgIpc) is 2.87. The molecule has 37 heavy (non-hydrogen) atoms. The molecule has 0 saturated heterocycles. The van der Waals surface area contributed by atoms with E-state index in [2.05, 4.69) is 26.6 Å². The summed E-state index contributed by atoms with van der Waals surface area (Å²) in [5, 5.41) is 21.7. The van der Waals surface area contributed by atoms with Crippen molar-refractivity contribution < 1.29 is 33.9 Å². The van der Waals surface area contributed by atoms with Crippen LogP contribution in [-0.2, 0) is 28.8 Å². The van der Waals surface area contributed by atoms with Crippen LogP contribution in [0.15, 0.2) is 0 Å². The van der Waals surface area contributed by atoms with Gasteiger partial charge in [0, 0.05) is 64.6 Å². The van der Waals surface area contributed by atoms with E-state index in [0.717, 1.165) is 0 Å². The summed E-state index contributed by atoms with van der Waals surface area (Å²) in [6.45, 7) is 1.36. The number of nitrogens with one attached hydrogen (secondary N) is 5. The molecule has 0 aliphatic rings. The van der Waals surface area contributed by atoms with Gasteiger partial charge in [-0.2, -0.15) is 23.5 Å². The summed E-state index contributed by atoms with van der Waals surface area (Å²) in [7, 11) is 3.12. The summed E-state index contributed by atoms with van der Waals surface area (Å²) in [5.74, 6) is -0.286. The van der Waals surface area contributed by atoms with Crippen molar-refractivity contribution in [1.82, 2.24) is 31.5 Å². The Kier molecular flexibility index (Phi) is 21.1. The second kappa shape index (κ2) is 22.7. The first kappa shape index (κ1) is 34.5. The minimum atomic E-state index is -1.13. The highest BCUT2D eigenvalue weighted by Crippen LogP contribution is 2.03. The Morgan fingerprint density at radius 1 is 0.676 bits per heavy atom. The number of hydrogen-bond acceptors (Lipinski definition) is 9. The van der Waals surface area contributed by atoms with Crippen LogP contribution in [0.2, 0.25) is 0 Å². The predicted molar refractivity (Wildman–Crippen MR) is 144 cm³/mol. The summed E-state index contributed by atoms with van der Waals surface area (Å²) < 4.78 is 0. The monoisotopic (exact) mass is 564 g/mol. The summed E-state index contributed by atoms with van der Waals surface area (Å²) in [5.41, 5.74) is 0. The van der Waals surface area contributed by atoms with Crippen molar-refractivity contribution >= 4 is 59.0 Å². The molecule has 0 aliphatic heterocycles. The maximum absolute atomic E-state index is 12.1. The fourth-order valence-corrected chi connectivity index (χ4v) is 4.35. The first-order chi connectivity index (χ1) is 17.7. The third-order valence-corrected chi connectivity index (χ3v) is 6.64. The molecule has 0 aliphatic carbocycles. The molecule has 0 saturated carbocycles. The molecule has 212 valence electrons. The van der Waals surface area contributed by atoms with E-state index in [4.69, 9.17) is 5.11 Å². The van der Waals surface area contributed by atoms with Crippen molar-refractivity contribution in [3.8, 4) is 0 Å². The van der Waals surface area contributed by atoms with Gasteiger partial charge in [0.2, 0.25) is 29.5 Å². The second-order valence-electron chi connectivity index (χ2n) is 7.81. The van der Waals surface area contributed by atoms with E-state index in [-0.39, 0.29) is 30.2 Å². The highest BCUT2D eigenvalue weighted by atomic mass is 32.2. The van der Waals surface area contributed by atoms with Gasteiger partial charge in [0.15, 0.2) is 0 Å². The van der Waals surface area contributed by atoms with Crippen molar-refractivity contribution in [3.63, 3.8) is 0 Å². The quantitative estimate of drug-likeness (QED) is 0.0823. The molecular weight excluding hydrogens is 524 g/mol. The van der Waals surface area contributed by atoms with Gasteiger partial charge in [-0.05, 0) is 12.8 Å². The molecule has 0 unspecified atom stereocenters. The average molecular weight is 565 g/mol. The Bertz CT molecular complexity index is 698. The Hall–Kier alpha value is -2.52. The van der Waals surface area contributed by atoms with Crippen LogP contribution in [0.25, 0.3) is 0 Å². The summed E-state index contributed by atoms with van der Waals surface area (Å²) in [4.78, 5) is 70.8. The SMILES string of the molecule is CNC(=O)CSCCC(=O)NCCCN(CCCNC(=O)CCSCC(=O)NC)CC(=O)NCC(=O)O.